The van der Waals surface area contributed by atoms with E-state index in [1.165, 1.54) is 17.3 Å². The van der Waals surface area contributed by atoms with Gasteiger partial charge in [-0.1, -0.05) is 55.9 Å². The highest BCUT2D eigenvalue weighted by Gasteiger charge is 2.16. The maximum atomic E-state index is 12.9. The molecule has 2 N–H and O–H groups in total. The van der Waals surface area contributed by atoms with Crippen molar-refractivity contribution >= 4 is 28.7 Å². The van der Waals surface area contributed by atoms with Gasteiger partial charge in [0.25, 0.3) is 5.56 Å². The van der Waals surface area contributed by atoms with Crippen LogP contribution in [0.25, 0.3) is 11.0 Å². The summed E-state index contributed by atoms with van der Waals surface area (Å²) < 4.78 is 1.68. The van der Waals surface area contributed by atoms with Gasteiger partial charge in [0.1, 0.15) is 5.52 Å². The molecule has 0 unspecified atom stereocenters. The Labute approximate surface area is 181 Å². The molecular formula is C23H30N4O2S. The quantitative estimate of drug-likeness (QED) is 0.401. The third-order valence-electron chi connectivity index (χ3n) is 4.83. The summed E-state index contributed by atoms with van der Waals surface area (Å²) in [7, 11) is 0. The topological polar surface area (TPSA) is 79.8 Å². The summed E-state index contributed by atoms with van der Waals surface area (Å²) in [5.41, 5.74) is 3.26. The fourth-order valence-electron chi connectivity index (χ4n) is 3.39. The molecule has 2 aromatic heterocycles. The summed E-state index contributed by atoms with van der Waals surface area (Å²) in [6.07, 6.45) is 1.81. The van der Waals surface area contributed by atoms with Crippen LogP contribution in [0.1, 0.15) is 38.4 Å². The zero-order valence-corrected chi connectivity index (χ0v) is 18.9. The zero-order valence-electron chi connectivity index (χ0n) is 18.1. The van der Waals surface area contributed by atoms with E-state index < -0.39 is 0 Å². The van der Waals surface area contributed by atoms with Crippen LogP contribution in [0.15, 0.2) is 46.3 Å². The number of aryl methyl sites for hydroxylation is 2. The first-order valence-corrected chi connectivity index (χ1v) is 11.4. The van der Waals surface area contributed by atoms with Crippen LogP contribution in [0.4, 0.5) is 0 Å². The number of nitrogens with zero attached hydrogens (tertiary/aromatic N) is 2. The number of fused-ring (bicyclic) bond motifs is 1. The first-order valence-electron chi connectivity index (χ1n) is 10.4. The molecule has 3 aromatic rings. The lowest BCUT2D eigenvalue weighted by Gasteiger charge is -2.16. The van der Waals surface area contributed by atoms with Crippen molar-refractivity contribution < 1.29 is 4.79 Å². The highest BCUT2D eigenvalue weighted by Crippen LogP contribution is 2.19. The third-order valence-corrected chi connectivity index (χ3v) is 5.81. The van der Waals surface area contributed by atoms with Gasteiger partial charge in [-0.25, -0.2) is 4.98 Å². The molecule has 0 saturated heterocycles. The van der Waals surface area contributed by atoms with Crippen LogP contribution < -0.4 is 10.9 Å². The number of H-pyrrole nitrogens is 1. The van der Waals surface area contributed by atoms with E-state index >= 15 is 0 Å². The Balaban J connectivity index is 1.63. The predicted molar refractivity (Wildman–Crippen MR) is 123 cm³/mol. The minimum Gasteiger partial charge on any atom is -0.353 e. The Morgan fingerprint density at radius 3 is 2.67 bits per heavy atom. The molecule has 7 heteroatoms. The van der Waals surface area contributed by atoms with Crippen LogP contribution in [0, 0.1) is 12.8 Å². The smallest absolute Gasteiger partial charge is 0.278 e. The van der Waals surface area contributed by atoms with Crippen molar-refractivity contribution in [1.82, 2.24) is 19.9 Å². The van der Waals surface area contributed by atoms with Crippen LogP contribution in [0.2, 0.25) is 0 Å². The molecule has 0 aliphatic rings. The van der Waals surface area contributed by atoms with E-state index in [0.29, 0.717) is 28.7 Å². The van der Waals surface area contributed by atoms with Gasteiger partial charge in [0.15, 0.2) is 5.16 Å². The first kappa shape index (κ1) is 22.2. The Kier molecular flexibility index (Phi) is 7.37. The van der Waals surface area contributed by atoms with Crippen LogP contribution >= 0.6 is 11.8 Å². The van der Waals surface area contributed by atoms with Gasteiger partial charge in [0.05, 0.1) is 11.3 Å². The molecule has 30 heavy (non-hydrogen) atoms. The molecule has 1 atom stereocenters. The number of aromatic amines is 1. The van der Waals surface area contributed by atoms with Gasteiger partial charge in [-0.05, 0) is 44.2 Å². The molecule has 0 bridgehead atoms. The molecule has 6 nitrogen and oxygen atoms in total. The molecule has 1 amide bonds. The molecule has 2 heterocycles. The van der Waals surface area contributed by atoms with Crippen molar-refractivity contribution in [2.75, 3.05) is 5.75 Å². The number of aromatic nitrogens is 3. The molecule has 0 aliphatic carbocycles. The molecule has 160 valence electrons. The van der Waals surface area contributed by atoms with E-state index in [9.17, 15) is 9.59 Å². The Morgan fingerprint density at radius 1 is 1.23 bits per heavy atom. The maximum Gasteiger partial charge on any atom is 0.278 e. The molecule has 1 aromatic carbocycles. The van der Waals surface area contributed by atoms with Crippen molar-refractivity contribution in [2.45, 2.75) is 58.3 Å². The van der Waals surface area contributed by atoms with Gasteiger partial charge >= 0.3 is 0 Å². The van der Waals surface area contributed by atoms with Crippen molar-refractivity contribution in [3.05, 3.63) is 58.0 Å². The summed E-state index contributed by atoms with van der Waals surface area (Å²) in [5.74, 6) is 0.482. The van der Waals surface area contributed by atoms with Gasteiger partial charge in [0.2, 0.25) is 5.91 Å². The van der Waals surface area contributed by atoms with Gasteiger partial charge in [0, 0.05) is 18.3 Å². The normalized spacial score (nSPS) is 12.4. The van der Waals surface area contributed by atoms with E-state index in [-0.39, 0.29) is 23.3 Å². The fraction of sp³-hybridized carbons (Fsp3) is 0.435. The maximum absolute atomic E-state index is 12.9. The average Bonchev–Trinajstić information content (AvgIpc) is 3.08. The molecule has 0 fully saturated rings. The van der Waals surface area contributed by atoms with Crippen molar-refractivity contribution in [3.63, 3.8) is 0 Å². The molecule has 0 radical (unpaired) electrons. The van der Waals surface area contributed by atoms with E-state index in [1.807, 2.05) is 38.1 Å². The summed E-state index contributed by atoms with van der Waals surface area (Å²) in [6.45, 7) is 8.62. The van der Waals surface area contributed by atoms with E-state index in [4.69, 9.17) is 0 Å². The van der Waals surface area contributed by atoms with Gasteiger partial charge in [-0.15, -0.1) is 0 Å². The number of carbonyl (C=O) groups is 1. The Morgan fingerprint density at radius 2 is 1.97 bits per heavy atom. The number of hydrogen-bond acceptors (Lipinski definition) is 4. The number of thioether (sulfide) groups is 1. The summed E-state index contributed by atoms with van der Waals surface area (Å²) in [4.78, 5) is 33.1. The van der Waals surface area contributed by atoms with Crippen LogP contribution in [0.5, 0.6) is 0 Å². The van der Waals surface area contributed by atoms with Crippen LogP contribution in [-0.4, -0.2) is 32.2 Å². The molecule has 3 rings (SSSR count). The van der Waals surface area contributed by atoms with E-state index in [1.54, 1.807) is 4.57 Å². The molecular weight excluding hydrogens is 396 g/mol. The lowest BCUT2D eigenvalue weighted by atomic mass is 10.1. The monoisotopic (exact) mass is 426 g/mol. The van der Waals surface area contributed by atoms with Crippen molar-refractivity contribution in [2.24, 2.45) is 5.92 Å². The minimum absolute atomic E-state index is 0.0451. The van der Waals surface area contributed by atoms with E-state index in [2.05, 4.69) is 41.3 Å². The van der Waals surface area contributed by atoms with Gasteiger partial charge in [-0.2, -0.15) is 0 Å². The zero-order chi connectivity index (χ0) is 21.7. The highest BCUT2D eigenvalue weighted by molar-refractivity contribution is 7.99. The Hall–Kier alpha value is -2.54. The molecule has 0 aliphatic heterocycles. The number of nitrogens with one attached hydrogen (secondary N) is 2. The largest absolute Gasteiger partial charge is 0.353 e. The second kappa shape index (κ2) is 9.98. The van der Waals surface area contributed by atoms with Gasteiger partial charge < -0.3 is 10.3 Å². The number of hydrogen-bond donors (Lipinski definition) is 2. The lowest BCUT2D eigenvalue weighted by Crippen LogP contribution is -2.34. The first-order chi connectivity index (χ1) is 14.3. The number of rotatable bonds is 9. The number of carbonyl (C=O) groups excluding carboxylic acids is 1. The highest BCUT2D eigenvalue weighted by atomic mass is 32.2. The summed E-state index contributed by atoms with van der Waals surface area (Å²) in [6, 6.07) is 12.2. The van der Waals surface area contributed by atoms with E-state index in [0.717, 1.165) is 18.5 Å². The standard InChI is InChI=1S/C23H30N4O2S/c1-15(2)13-27-22(29)21-19(12-17(4)25-21)26-23(27)30-14-20(28)24-16(3)10-11-18-8-6-5-7-9-18/h5-9,12,15-16,25H,10-11,13-14H2,1-4H3,(H,24,28)/t16-/m0/s1. The molecule has 0 spiro atoms. The van der Waals surface area contributed by atoms with Gasteiger partial charge in [-0.3, -0.25) is 14.2 Å². The number of amides is 1. The summed E-state index contributed by atoms with van der Waals surface area (Å²) in [5, 5.41) is 3.65. The van der Waals surface area contributed by atoms with Crippen LogP contribution in [0.3, 0.4) is 0 Å². The van der Waals surface area contributed by atoms with Crippen molar-refractivity contribution in [1.29, 1.82) is 0 Å². The number of benzene rings is 1. The fourth-order valence-corrected chi connectivity index (χ4v) is 4.21. The lowest BCUT2D eigenvalue weighted by molar-refractivity contribution is -0.119. The van der Waals surface area contributed by atoms with Crippen molar-refractivity contribution in [3.8, 4) is 0 Å². The second-order valence-corrected chi connectivity index (χ2v) is 9.14. The van der Waals surface area contributed by atoms with Crippen LogP contribution in [-0.2, 0) is 17.8 Å². The SMILES string of the molecule is Cc1cc2nc(SCC(=O)N[C@@H](C)CCc3ccccc3)n(CC(C)C)c(=O)c2[nH]1. The summed E-state index contributed by atoms with van der Waals surface area (Å²) >= 11 is 1.32. The predicted octanol–water partition coefficient (Wildman–Crippen LogP) is 3.92. The Bertz CT molecular complexity index is 1060. The average molecular weight is 427 g/mol. The third kappa shape index (κ3) is 5.75. The molecule has 0 saturated carbocycles. The minimum atomic E-state index is -0.0825. The second-order valence-electron chi connectivity index (χ2n) is 8.20.